The average molecular weight is 240 g/mol. The lowest BCUT2D eigenvalue weighted by Crippen LogP contribution is -2.44. The van der Waals surface area contributed by atoms with Crippen LogP contribution >= 0.6 is 0 Å². The fourth-order valence-electron chi connectivity index (χ4n) is 3.44. The molecule has 2 atom stereocenters. The number of hydrogen-bond acceptors (Lipinski definition) is 3. The Kier molecular flexibility index (Phi) is 4.45. The van der Waals surface area contributed by atoms with Gasteiger partial charge in [0, 0.05) is 12.6 Å². The predicted molar refractivity (Wildman–Crippen MR) is 71.0 cm³/mol. The molecule has 0 aromatic heterocycles. The molecule has 100 valence electrons. The van der Waals surface area contributed by atoms with Crippen molar-refractivity contribution in [1.29, 1.82) is 0 Å². The van der Waals surface area contributed by atoms with Crippen LogP contribution in [0.4, 0.5) is 0 Å². The lowest BCUT2D eigenvalue weighted by Gasteiger charge is -2.40. The molecular weight excluding hydrogens is 212 g/mol. The largest absolute Gasteiger partial charge is 0.375 e. The molecule has 1 heterocycles. The molecule has 17 heavy (non-hydrogen) atoms. The van der Waals surface area contributed by atoms with Gasteiger partial charge in [-0.25, -0.2) is 0 Å². The average Bonchev–Trinajstić information content (AvgIpc) is 2.74. The third-order valence-corrected chi connectivity index (χ3v) is 4.56. The second-order valence-corrected chi connectivity index (χ2v) is 6.25. The molecule has 1 aliphatic carbocycles. The van der Waals surface area contributed by atoms with Crippen LogP contribution in [0.15, 0.2) is 0 Å². The highest BCUT2D eigenvalue weighted by Crippen LogP contribution is 2.42. The van der Waals surface area contributed by atoms with Gasteiger partial charge >= 0.3 is 0 Å². The maximum absolute atomic E-state index is 6.37. The normalized spacial score (nSPS) is 30.0. The fraction of sp³-hybridized carbons (Fsp3) is 1.00. The lowest BCUT2D eigenvalue weighted by atomic mass is 9.80. The lowest BCUT2D eigenvalue weighted by molar-refractivity contribution is -0.0965. The van der Waals surface area contributed by atoms with E-state index >= 15 is 0 Å². The summed E-state index contributed by atoms with van der Waals surface area (Å²) in [6, 6.07) is 0.360. The van der Waals surface area contributed by atoms with E-state index in [1.165, 1.54) is 32.1 Å². The maximum atomic E-state index is 6.37. The van der Waals surface area contributed by atoms with Gasteiger partial charge in [-0.15, -0.1) is 0 Å². The Balaban J connectivity index is 1.84. The molecule has 0 aromatic carbocycles. The van der Waals surface area contributed by atoms with E-state index in [9.17, 15) is 0 Å². The first-order valence-corrected chi connectivity index (χ1v) is 7.16. The number of nitrogens with two attached hydrogens (primary N) is 1. The highest BCUT2D eigenvalue weighted by Gasteiger charge is 2.41. The Morgan fingerprint density at radius 1 is 1.35 bits per heavy atom. The van der Waals surface area contributed by atoms with Crippen molar-refractivity contribution in [3.05, 3.63) is 0 Å². The molecule has 1 saturated heterocycles. The van der Waals surface area contributed by atoms with Crippen molar-refractivity contribution in [3.63, 3.8) is 0 Å². The van der Waals surface area contributed by atoms with Crippen LogP contribution in [-0.4, -0.2) is 43.8 Å². The van der Waals surface area contributed by atoms with Crippen LogP contribution < -0.4 is 5.73 Å². The van der Waals surface area contributed by atoms with Crippen molar-refractivity contribution in [2.24, 2.45) is 11.7 Å². The molecule has 0 radical (unpaired) electrons. The van der Waals surface area contributed by atoms with Crippen molar-refractivity contribution in [2.75, 3.05) is 27.2 Å². The molecule has 2 aliphatic rings. The molecule has 2 rings (SSSR count). The van der Waals surface area contributed by atoms with Gasteiger partial charge in [-0.05, 0) is 58.7 Å². The van der Waals surface area contributed by atoms with E-state index < -0.39 is 0 Å². The first kappa shape index (κ1) is 13.3. The van der Waals surface area contributed by atoms with E-state index in [-0.39, 0.29) is 5.60 Å². The van der Waals surface area contributed by atoms with Gasteiger partial charge in [0.1, 0.15) is 0 Å². The molecule has 0 aromatic rings. The summed E-state index contributed by atoms with van der Waals surface area (Å²) in [6.45, 7) is 2.03. The number of nitrogens with zero attached hydrogens (tertiary/aromatic N) is 1. The van der Waals surface area contributed by atoms with Crippen LogP contribution in [0.25, 0.3) is 0 Å². The van der Waals surface area contributed by atoms with Gasteiger partial charge in [0.2, 0.25) is 0 Å². The van der Waals surface area contributed by atoms with Crippen LogP contribution in [0, 0.1) is 5.92 Å². The van der Waals surface area contributed by atoms with E-state index in [1.807, 2.05) is 0 Å². The summed E-state index contributed by atoms with van der Waals surface area (Å²) >= 11 is 0. The zero-order valence-corrected chi connectivity index (χ0v) is 11.5. The van der Waals surface area contributed by atoms with Crippen molar-refractivity contribution in [3.8, 4) is 0 Å². The third kappa shape index (κ3) is 3.43. The van der Waals surface area contributed by atoms with E-state index in [2.05, 4.69) is 19.0 Å². The quantitative estimate of drug-likeness (QED) is 0.817. The molecule has 3 nitrogen and oxygen atoms in total. The summed E-state index contributed by atoms with van der Waals surface area (Å²) in [6.07, 6.45) is 8.72. The zero-order valence-electron chi connectivity index (χ0n) is 11.5. The zero-order chi connectivity index (χ0) is 12.3. The second kappa shape index (κ2) is 5.68. The molecule has 0 amide bonds. The molecule has 1 spiro atoms. The van der Waals surface area contributed by atoms with Crippen LogP contribution in [0.1, 0.15) is 44.9 Å². The van der Waals surface area contributed by atoms with Crippen molar-refractivity contribution < 1.29 is 4.74 Å². The minimum absolute atomic E-state index is 0.221. The van der Waals surface area contributed by atoms with Gasteiger partial charge in [-0.1, -0.05) is 12.8 Å². The van der Waals surface area contributed by atoms with E-state index in [4.69, 9.17) is 10.5 Å². The summed E-state index contributed by atoms with van der Waals surface area (Å²) < 4.78 is 6.07. The first-order valence-electron chi connectivity index (χ1n) is 7.16. The standard InChI is InChI=1S/C14H28N2O/c1-16(2)9-5-13(15)12-6-10-17-14(11-12)7-3-4-8-14/h12-13H,3-11,15H2,1-2H3. The highest BCUT2D eigenvalue weighted by atomic mass is 16.5. The number of ether oxygens (including phenoxy) is 1. The van der Waals surface area contributed by atoms with Gasteiger partial charge in [-0.3, -0.25) is 0 Å². The Morgan fingerprint density at radius 3 is 2.71 bits per heavy atom. The summed E-state index contributed by atoms with van der Waals surface area (Å²) in [4.78, 5) is 2.23. The Morgan fingerprint density at radius 2 is 2.06 bits per heavy atom. The summed E-state index contributed by atoms with van der Waals surface area (Å²) in [5, 5.41) is 0. The molecule has 2 unspecified atom stereocenters. The van der Waals surface area contributed by atoms with Gasteiger partial charge in [-0.2, -0.15) is 0 Å². The van der Waals surface area contributed by atoms with E-state index in [0.717, 1.165) is 26.0 Å². The molecular formula is C14H28N2O. The number of rotatable bonds is 4. The Hall–Kier alpha value is -0.120. The Labute approximate surface area is 106 Å². The first-order chi connectivity index (χ1) is 8.11. The Bertz CT molecular complexity index is 236. The van der Waals surface area contributed by atoms with Crippen molar-refractivity contribution in [1.82, 2.24) is 4.90 Å². The highest BCUT2D eigenvalue weighted by molar-refractivity contribution is 4.93. The van der Waals surface area contributed by atoms with Gasteiger partial charge in [0.05, 0.1) is 5.60 Å². The smallest absolute Gasteiger partial charge is 0.0685 e. The van der Waals surface area contributed by atoms with E-state index in [1.54, 1.807) is 0 Å². The van der Waals surface area contributed by atoms with Gasteiger partial charge in [0.25, 0.3) is 0 Å². The van der Waals surface area contributed by atoms with Gasteiger partial charge in [0.15, 0.2) is 0 Å². The molecule has 1 aliphatic heterocycles. The van der Waals surface area contributed by atoms with Crippen molar-refractivity contribution in [2.45, 2.75) is 56.6 Å². The van der Waals surface area contributed by atoms with Crippen molar-refractivity contribution >= 4 is 0 Å². The molecule has 3 heteroatoms. The molecule has 1 saturated carbocycles. The van der Waals surface area contributed by atoms with Crippen LogP contribution in [0.3, 0.4) is 0 Å². The fourth-order valence-corrected chi connectivity index (χ4v) is 3.44. The van der Waals surface area contributed by atoms with Crippen LogP contribution in [0.5, 0.6) is 0 Å². The summed E-state index contributed by atoms with van der Waals surface area (Å²) in [5.41, 5.74) is 6.59. The third-order valence-electron chi connectivity index (χ3n) is 4.56. The predicted octanol–water partition coefficient (Wildman–Crippen LogP) is 2.00. The minimum atomic E-state index is 0.221. The van der Waals surface area contributed by atoms with Crippen LogP contribution in [0.2, 0.25) is 0 Å². The molecule has 0 bridgehead atoms. The van der Waals surface area contributed by atoms with Gasteiger partial charge < -0.3 is 15.4 Å². The maximum Gasteiger partial charge on any atom is 0.0685 e. The SMILES string of the molecule is CN(C)CCC(N)C1CCOC2(CCCC2)C1. The molecule has 2 fully saturated rings. The van der Waals surface area contributed by atoms with Crippen LogP contribution in [-0.2, 0) is 4.74 Å². The summed E-state index contributed by atoms with van der Waals surface area (Å²) in [7, 11) is 4.24. The monoisotopic (exact) mass is 240 g/mol. The second-order valence-electron chi connectivity index (χ2n) is 6.25. The topological polar surface area (TPSA) is 38.5 Å². The van der Waals surface area contributed by atoms with E-state index in [0.29, 0.717) is 12.0 Å². The molecule has 2 N–H and O–H groups in total. The number of hydrogen-bond donors (Lipinski definition) is 1. The summed E-state index contributed by atoms with van der Waals surface area (Å²) in [5.74, 6) is 0.682. The minimum Gasteiger partial charge on any atom is -0.375 e.